The molecule has 0 N–H and O–H groups in total. The Balaban J connectivity index is 0. The predicted octanol–water partition coefficient (Wildman–Crippen LogP) is 3.69. The SMILES string of the molecule is F[P-](F)(F)(F)(F)F.O=C1C=CC=NC1.[H+]. The molecule has 1 aliphatic rings. The number of carbonyl (C=O) groups is 1. The zero-order valence-electron chi connectivity index (χ0n) is 7.51. The smallest absolute Gasteiger partial charge is 0.293 e. The minimum atomic E-state index is -10.7. The van der Waals surface area contributed by atoms with E-state index in [1.807, 2.05) is 0 Å². The molecule has 0 amide bonds. The summed E-state index contributed by atoms with van der Waals surface area (Å²) in [5, 5.41) is 0. The summed E-state index contributed by atoms with van der Waals surface area (Å²) in [6, 6.07) is 0. The van der Waals surface area contributed by atoms with Gasteiger partial charge in [-0.25, -0.2) is 0 Å². The fourth-order valence-electron chi connectivity index (χ4n) is 0.407. The van der Waals surface area contributed by atoms with E-state index in [1.165, 1.54) is 6.08 Å². The van der Waals surface area contributed by atoms with Gasteiger partial charge in [-0.1, -0.05) is 0 Å². The molecule has 1 heterocycles. The Morgan fingerprint density at radius 1 is 1.21 bits per heavy atom. The van der Waals surface area contributed by atoms with Gasteiger partial charge < -0.3 is 0 Å². The number of rotatable bonds is 0. The number of hydrogen-bond donors (Lipinski definition) is 0. The number of nitrogens with zero attached hydrogens (tertiary/aromatic N) is 1. The van der Waals surface area contributed by atoms with Crippen molar-refractivity contribution in [3.05, 3.63) is 12.2 Å². The molecular formula is C5H6F6NOP. The van der Waals surface area contributed by atoms with Gasteiger partial charge in [-0.05, 0) is 12.2 Å². The predicted molar refractivity (Wildman–Crippen MR) is 42.2 cm³/mol. The normalized spacial score (nSPS) is 20.6. The van der Waals surface area contributed by atoms with Gasteiger partial charge in [0.05, 0.1) is 0 Å². The molecule has 14 heavy (non-hydrogen) atoms. The van der Waals surface area contributed by atoms with Crippen LogP contribution in [0.3, 0.4) is 0 Å². The topological polar surface area (TPSA) is 29.4 Å². The van der Waals surface area contributed by atoms with Crippen LogP contribution in [0.25, 0.3) is 0 Å². The molecule has 1 rings (SSSR count). The zero-order valence-corrected chi connectivity index (χ0v) is 7.40. The Bertz CT molecular complexity index is 281. The van der Waals surface area contributed by atoms with Crippen molar-refractivity contribution in [3.8, 4) is 0 Å². The summed E-state index contributed by atoms with van der Waals surface area (Å²) in [6.07, 6.45) is 4.79. The van der Waals surface area contributed by atoms with E-state index >= 15 is 0 Å². The first-order valence-corrected chi connectivity index (χ1v) is 5.13. The summed E-state index contributed by atoms with van der Waals surface area (Å²) < 4.78 is 59.2. The third-order valence-corrected chi connectivity index (χ3v) is 0.721. The number of aliphatic imine (C=N–C) groups is 1. The third-order valence-electron chi connectivity index (χ3n) is 0.721. The van der Waals surface area contributed by atoms with Crippen LogP contribution in [0, 0.1) is 0 Å². The monoisotopic (exact) mass is 241 g/mol. The molecule has 0 aliphatic carbocycles. The van der Waals surface area contributed by atoms with Crippen LogP contribution in [0.1, 0.15) is 1.43 Å². The summed E-state index contributed by atoms with van der Waals surface area (Å²) in [5.41, 5.74) is 0. The maximum atomic E-state index is 10.3. The van der Waals surface area contributed by atoms with Crippen LogP contribution < -0.4 is 0 Å². The molecular weight excluding hydrogens is 235 g/mol. The third kappa shape index (κ3) is 22.5. The second-order valence-corrected chi connectivity index (χ2v) is 4.19. The van der Waals surface area contributed by atoms with E-state index in [0.717, 1.165) is 0 Å². The summed E-state index contributed by atoms with van der Waals surface area (Å²) in [7, 11) is -10.7. The van der Waals surface area contributed by atoms with Gasteiger partial charge >= 0.3 is 34.4 Å². The van der Waals surface area contributed by atoms with Crippen molar-refractivity contribution in [2.24, 2.45) is 4.99 Å². The van der Waals surface area contributed by atoms with Gasteiger partial charge in [-0.3, -0.25) is 9.79 Å². The minimum absolute atomic E-state index is 0. The maximum absolute atomic E-state index is 10.7. The molecule has 1 aliphatic heterocycles. The van der Waals surface area contributed by atoms with E-state index in [0.29, 0.717) is 6.54 Å². The molecule has 0 fully saturated rings. The van der Waals surface area contributed by atoms with Gasteiger partial charge in [-0.2, -0.15) is 0 Å². The van der Waals surface area contributed by atoms with E-state index in [1.54, 1.807) is 12.3 Å². The maximum Gasteiger partial charge on any atom is 1.00 e. The fourth-order valence-corrected chi connectivity index (χ4v) is 0.407. The van der Waals surface area contributed by atoms with E-state index < -0.39 is 7.81 Å². The van der Waals surface area contributed by atoms with Crippen molar-refractivity contribution in [3.63, 3.8) is 0 Å². The quantitative estimate of drug-likeness (QED) is 0.469. The minimum Gasteiger partial charge on any atom is -0.293 e. The van der Waals surface area contributed by atoms with Crippen LogP contribution in [-0.2, 0) is 4.79 Å². The first-order valence-electron chi connectivity index (χ1n) is 3.10. The van der Waals surface area contributed by atoms with Crippen molar-refractivity contribution in [2.75, 3.05) is 6.54 Å². The summed E-state index contributed by atoms with van der Waals surface area (Å²) >= 11 is 0. The fraction of sp³-hybridized carbons (Fsp3) is 0.200. The summed E-state index contributed by atoms with van der Waals surface area (Å²) in [5.74, 6) is 0.0856. The number of halogens is 6. The first kappa shape index (κ1) is 13.1. The Kier molecular flexibility index (Phi) is 2.85. The van der Waals surface area contributed by atoms with E-state index in [4.69, 9.17) is 0 Å². The number of dihydropyridines is 1. The van der Waals surface area contributed by atoms with E-state index in [9.17, 15) is 30.0 Å². The van der Waals surface area contributed by atoms with Gasteiger partial charge in [0.25, 0.3) is 0 Å². The Morgan fingerprint density at radius 2 is 1.64 bits per heavy atom. The van der Waals surface area contributed by atoms with Crippen LogP contribution in [0.5, 0.6) is 0 Å². The van der Waals surface area contributed by atoms with Crippen molar-refractivity contribution < 1.29 is 31.4 Å². The molecule has 84 valence electrons. The van der Waals surface area contributed by atoms with Crippen molar-refractivity contribution in [1.29, 1.82) is 0 Å². The molecule has 0 unspecified atom stereocenters. The number of carbonyl (C=O) groups excluding carboxylic acids is 1. The van der Waals surface area contributed by atoms with Gasteiger partial charge in [-0.15, -0.1) is 0 Å². The Morgan fingerprint density at radius 3 is 1.79 bits per heavy atom. The molecule has 0 bridgehead atoms. The van der Waals surface area contributed by atoms with Gasteiger partial charge in [0, 0.05) is 6.21 Å². The number of allylic oxidation sites excluding steroid dienone is 1. The van der Waals surface area contributed by atoms with Gasteiger partial charge in [0.15, 0.2) is 5.78 Å². The molecule has 0 aromatic heterocycles. The Labute approximate surface area is 76.0 Å². The van der Waals surface area contributed by atoms with E-state index in [2.05, 4.69) is 4.99 Å². The first-order chi connectivity index (χ1) is 5.84. The van der Waals surface area contributed by atoms with Gasteiger partial charge in [0.1, 0.15) is 6.54 Å². The largest absolute Gasteiger partial charge is 1.00 e. The number of ketones is 1. The summed E-state index contributed by atoms with van der Waals surface area (Å²) in [6.45, 7) is 0.330. The van der Waals surface area contributed by atoms with Crippen molar-refractivity contribution >= 4 is 19.8 Å². The van der Waals surface area contributed by atoms with Gasteiger partial charge in [0.2, 0.25) is 0 Å². The van der Waals surface area contributed by atoms with Crippen molar-refractivity contribution in [2.45, 2.75) is 0 Å². The van der Waals surface area contributed by atoms with Crippen LogP contribution in [-0.4, -0.2) is 18.5 Å². The molecule has 0 spiro atoms. The zero-order chi connectivity index (χ0) is 11.5. The molecule has 0 radical (unpaired) electrons. The second kappa shape index (κ2) is 3.05. The van der Waals surface area contributed by atoms with Crippen LogP contribution in [0.15, 0.2) is 17.1 Å². The molecule has 0 saturated carbocycles. The second-order valence-electron chi connectivity index (χ2n) is 2.27. The average Bonchev–Trinajstić information content (AvgIpc) is 1.81. The Hall–Kier alpha value is -0.910. The molecule has 0 aromatic rings. The van der Waals surface area contributed by atoms with Crippen LogP contribution >= 0.6 is 7.81 Å². The molecule has 0 atom stereocenters. The average molecular weight is 241 g/mol. The molecule has 2 nitrogen and oxygen atoms in total. The standard InChI is InChI=1S/C5H5NO.F6P/c7-5-2-1-3-6-4-5;1-7(2,3,4,5)6/h1-3H,4H2;/q;-1/p+1. The summed E-state index contributed by atoms with van der Waals surface area (Å²) in [4.78, 5) is 14.0. The van der Waals surface area contributed by atoms with E-state index in [-0.39, 0.29) is 7.21 Å². The van der Waals surface area contributed by atoms with Crippen molar-refractivity contribution in [1.82, 2.24) is 0 Å². The number of hydrogen-bond acceptors (Lipinski definition) is 2. The van der Waals surface area contributed by atoms with Crippen LogP contribution in [0.2, 0.25) is 0 Å². The molecule has 0 aromatic carbocycles. The van der Waals surface area contributed by atoms with Crippen LogP contribution in [0.4, 0.5) is 25.2 Å². The molecule has 9 heteroatoms. The molecule has 0 saturated heterocycles.